The highest BCUT2D eigenvalue weighted by molar-refractivity contribution is 5.93. The molecule has 1 heterocycles. The van der Waals surface area contributed by atoms with Crippen molar-refractivity contribution in [3.05, 3.63) is 64.4 Å². The molecule has 1 N–H and O–H groups in total. The van der Waals surface area contributed by atoms with Gasteiger partial charge in [0.1, 0.15) is 0 Å². The largest absolute Gasteiger partial charge is 0.272 e. The maximum absolute atomic E-state index is 11.9. The maximum Gasteiger partial charge on any atom is 0.272 e. The van der Waals surface area contributed by atoms with Crippen molar-refractivity contribution in [2.45, 2.75) is 20.3 Å². The van der Waals surface area contributed by atoms with E-state index in [0.717, 1.165) is 23.1 Å². The lowest BCUT2D eigenvalue weighted by Crippen LogP contribution is -2.09. The molecule has 0 spiro atoms. The van der Waals surface area contributed by atoms with Crippen molar-refractivity contribution in [1.82, 2.24) is 10.2 Å². The lowest BCUT2D eigenvalue weighted by atomic mass is 9.98. The fourth-order valence-corrected chi connectivity index (χ4v) is 2.65. The lowest BCUT2D eigenvalue weighted by Gasteiger charge is -2.09. The second-order valence-corrected chi connectivity index (χ2v) is 5.75. The summed E-state index contributed by atoms with van der Waals surface area (Å²) in [7, 11) is 0. The van der Waals surface area contributed by atoms with Crippen LogP contribution in [0.2, 0.25) is 0 Å². The van der Waals surface area contributed by atoms with Crippen molar-refractivity contribution in [2.75, 3.05) is 0 Å². The third-order valence-electron chi connectivity index (χ3n) is 3.54. The van der Waals surface area contributed by atoms with Gasteiger partial charge < -0.3 is 0 Å². The maximum atomic E-state index is 11.9. The Balaban J connectivity index is 2.17. The molecule has 0 saturated heterocycles. The molecule has 0 saturated carbocycles. The van der Waals surface area contributed by atoms with Gasteiger partial charge in [-0.2, -0.15) is 5.10 Å². The van der Waals surface area contributed by atoms with E-state index in [1.165, 1.54) is 5.56 Å². The van der Waals surface area contributed by atoms with Crippen LogP contribution in [0.1, 0.15) is 19.4 Å². The Labute approximate surface area is 123 Å². The van der Waals surface area contributed by atoms with E-state index < -0.39 is 0 Å². The Bertz CT molecular complexity index is 834. The lowest BCUT2D eigenvalue weighted by molar-refractivity contribution is 0.647. The number of H-pyrrole nitrogens is 1. The summed E-state index contributed by atoms with van der Waals surface area (Å²) in [6.07, 6.45) is 1.04. The topological polar surface area (TPSA) is 45.8 Å². The number of rotatable bonds is 3. The van der Waals surface area contributed by atoms with E-state index in [2.05, 4.69) is 42.2 Å². The first-order chi connectivity index (χ1) is 10.1. The Hall–Kier alpha value is -2.42. The molecule has 0 aliphatic carbocycles. The number of hydrogen-bond acceptors (Lipinski definition) is 2. The first-order valence-corrected chi connectivity index (χ1v) is 7.22. The van der Waals surface area contributed by atoms with E-state index in [4.69, 9.17) is 0 Å². The van der Waals surface area contributed by atoms with Crippen molar-refractivity contribution >= 4 is 10.8 Å². The number of nitrogens with one attached hydrogen (secondary N) is 1. The molecular formula is C18H18N2O. The molecule has 3 nitrogen and oxygen atoms in total. The normalized spacial score (nSPS) is 11.2. The average molecular weight is 278 g/mol. The van der Waals surface area contributed by atoms with Gasteiger partial charge in [0.15, 0.2) is 0 Å². The molecule has 21 heavy (non-hydrogen) atoms. The second-order valence-electron chi connectivity index (χ2n) is 5.75. The Morgan fingerprint density at radius 1 is 1.05 bits per heavy atom. The fraction of sp³-hybridized carbons (Fsp3) is 0.222. The summed E-state index contributed by atoms with van der Waals surface area (Å²) >= 11 is 0. The third-order valence-corrected chi connectivity index (χ3v) is 3.54. The number of aromatic nitrogens is 2. The van der Waals surface area contributed by atoms with Gasteiger partial charge in [-0.15, -0.1) is 0 Å². The molecule has 0 amide bonds. The van der Waals surface area contributed by atoms with Gasteiger partial charge in [-0.25, -0.2) is 5.10 Å². The van der Waals surface area contributed by atoms with Crippen LogP contribution in [0.4, 0.5) is 0 Å². The summed E-state index contributed by atoms with van der Waals surface area (Å²) in [5.74, 6) is 0.612. The summed E-state index contributed by atoms with van der Waals surface area (Å²) in [5.41, 5.74) is 3.02. The molecule has 0 aliphatic rings. The van der Waals surface area contributed by atoms with Crippen LogP contribution in [-0.2, 0) is 6.42 Å². The van der Waals surface area contributed by atoms with Crippen molar-refractivity contribution in [3.8, 4) is 11.3 Å². The summed E-state index contributed by atoms with van der Waals surface area (Å²) in [6.45, 7) is 4.42. The van der Waals surface area contributed by atoms with Gasteiger partial charge in [0.05, 0.1) is 11.1 Å². The molecule has 106 valence electrons. The van der Waals surface area contributed by atoms with Crippen molar-refractivity contribution in [2.24, 2.45) is 5.92 Å². The number of hydrogen-bond donors (Lipinski definition) is 1. The summed E-state index contributed by atoms with van der Waals surface area (Å²) in [4.78, 5) is 11.9. The molecule has 0 unspecified atom stereocenters. The quantitative estimate of drug-likeness (QED) is 0.792. The van der Waals surface area contributed by atoms with E-state index >= 15 is 0 Å². The van der Waals surface area contributed by atoms with Crippen LogP contribution in [-0.4, -0.2) is 10.2 Å². The highest BCUT2D eigenvalue weighted by atomic mass is 16.1. The van der Waals surface area contributed by atoms with E-state index in [0.29, 0.717) is 11.3 Å². The number of aromatic amines is 1. The monoisotopic (exact) mass is 278 g/mol. The summed E-state index contributed by atoms with van der Waals surface area (Å²) in [6, 6.07) is 16.0. The van der Waals surface area contributed by atoms with Gasteiger partial charge in [-0.1, -0.05) is 50.2 Å². The highest BCUT2D eigenvalue weighted by Gasteiger charge is 2.09. The van der Waals surface area contributed by atoms with Crippen LogP contribution in [0, 0.1) is 5.92 Å². The molecule has 1 aromatic heterocycles. The van der Waals surface area contributed by atoms with Crippen LogP contribution in [0.5, 0.6) is 0 Å². The van der Waals surface area contributed by atoms with Gasteiger partial charge in [-0.3, -0.25) is 4.79 Å². The Kier molecular flexibility index (Phi) is 3.57. The van der Waals surface area contributed by atoms with Gasteiger partial charge >= 0.3 is 0 Å². The molecule has 3 rings (SSSR count). The fourth-order valence-electron chi connectivity index (χ4n) is 2.65. The van der Waals surface area contributed by atoms with Gasteiger partial charge in [-0.05, 0) is 30.0 Å². The van der Waals surface area contributed by atoms with E-state index in [1.807, 2.05) is 30.3 Å². The average Bonchev–Trinajstić information content (AvgIpc) is 2.47. The van der Waals surface area contributed by atoms with E-state index in [-0.39, 0.29) is 5.56 Å². The predicted octanol–water partition coefficient (Wildman–Crippen LogP) is 3.79. The summed E-state index contributed by atoms with van der Waals surface area (Å²) < 4.78 is 0. The van der Waals surface area contributed by atoms with Crippen molar-refractivity contribution in [1.29, 1.82) is 0 Å². The summed E-state index contributed by atoms with van der Waals surface area (Å²) in [5, 5.41) is 8.42. The minimum absolute atomic E-state index is 0.146. The van der Waals surface area contributed by atoms with Crippen LogP contribution in [0.25, 0.3) is 22.0 Å². The molecule has 0 radical (unpaired) electrons. The van der Waals surface area contributed by atoms with E-state index in [1.54, 1.807) is 0 Å². The van der Waals surface area contributed by atoms with Crippen LogP contribution < -0.4 is 5.56 Å². The zero-order valence-electron chi connectivity index (χ0n) is 12.3. The smallest absolute Gasteiger partial charge is 0.267 e. The third kappa shape index (κ3) is 2.72. The zero-order chi connectivity index (χ0) is 14.8. The highest BCUT2D eigenvalue weighted by Crippen LogP contribution is 2.25. The number of nitrogens with zero attached hydrogens (tertiary/aromatic N) is 1. The molecular weight excluding hydrogens is 260 g/mol. The van der Waals surface area contributed by atoms with Gasteiger partial charge in [0.2, 0.25) is 0 Å². The minimum Gasteiger partial charge on any atom is -0.267 e. The zero-order valence-corrected chi connectivity index (χ0v) is 12.3. The molecule has 2 aromatic carbocycles. The standard InChI is InChI=1S/C18H18N2O/c1-12(2)10-13-6-5-7-14(11-13)17-15-8-3-4-9-16(15)18(21)20-19-17/h3-9,11-12H,10H2,1-2H3,(H,20,21). The van der Waals surface area contributed by atoms with Gasteiger partial charge in [0, 0.05) is 10.9 Å². The van der Waals surface area contributed by atoms with Crippen LogP contribution in [0.3, 0.4) is 0 Å². The molecule has 3 aromatic rings. The molecule has 0 aliphatic heterocycles. The number of benzene rings is 2. The number of fused-ring (bicyclic) bond motifs is 1. The van der Waals surface area contributed by atoms with Crippen molar-refractivity contribution in [3.63, 3.8) is 0 Å². The molecule has 3 heteroatoms. The Morgan fingerprint density at radius 2 is 1.81 bits per heavy atom. The second kappa shape index (κ2) is 5.52. The predicted molar refractivity (Wildman–Crippen MR) is 86.3 cm³/mol. The van der Waals surface area contributed by atoms with Gasteiger partial charge in [0.25, 0.3) is 5.56 Å². The first kappa shape index (κ1) is 13.6. The van der Waals surface area contributed by atoms with Crippen molar-refractivity contribution < 1.29 is 0 Å². The molecule has 0 atom stereocenters. The van der Waals surface area contributed by atoms with Crippen LogP contribution in [0.15, 0.2) is 53.3 Å². The molecule has 0 bridgehead atoms. The Morgan fingerprint density at radius 3 is 2.57 bits per heavy atom. The molecule has 0 fully saturated rings. The minimum atomic E-state index is -0.146. The van der Waals surface area contributed by atoms with Crippen LogP contribution >= 0.6 is 0 Å². The van der Waals surface area contributed by atoms with E-state index in [9.17, 15) is 4.79 Å². The SMILES string of the molecule is CC(C)Cc1cccc(-c2n[nH]c(=O)c3ccccc23)c1. The first-order valence-electron chi connectivity index (χ1n) is 7.22.